The lowest BCUT2D eigenvalue weighted by molar-refractivity contribution is -0.115. The summed E-state index contributed by atoms with van der Waals surface area (Å²) < 4.78 is 1.52. The highest BCUT2D eigenvalue weighted by atomic mass is 35.5. The van der Waals surface area contributed by atoms with Gasteiger partial charge in [0, 0.05) is 27.5 Å². The van der Waals surface area contributed by atoms with Gasteiger partial charge in [0.15, 0.2) is 0 Å². The number of carbonyl (C=O) groups is 1. The molecule has 0 saturated heterocycles. The highest BCUT2D eigenvalue weighted by Gasteiger charge is 2.16. The molecule has 1 amide bonds. The van der Waals surface area contributed by atoms with E-state index in [0.29, 0.717) is 27.4 Å². The highest BCUT2D eigenvalue weighted by Crippen LogP contribution is 2.25. The Bertz CT molecular complexity index is 943. The Hall–Kier alpha value is -2.44. The minimum absolute atomic E-state index is 0.0520. The molecule has 8 heteroatoms. The SMILES string of the molecule is Cc1cc(C)nc(-n2nc(C)cc2NC(=O)Cc2c(Cl)cccc2Cl)n1. The lowest BCUT2D eigenvalue weighted by Crippen LogP contribution is -2.18. The Balaban J connectivity index is 1.88. The number of aryl methyl sites for hydroxylation is 3. The van der Waals surface area contributed by atoms with E-state index in [1.807, 2.05) is 26.8 Å². The van der Waals surface area contributed by atoms with E-state index < -0.39 is 0 Å². The van der Waals surface area contributed by atoms with Gasteiger partial charge in [-0.25, -0.2) is 9.97 Å². The number of nitrogens with zero attached hydrogens (tertiary/aromatic N) is 4. The van der Waals surface area contributed by atoms with Crippen LogP contribution in [0.3, 0.4) is 0 Å². The minimum atomic E-state index is -0.259. The van der Waals surface area contributed by atoms with Gasteiger partial charge in [-0.1, -0.05) is 29.3 Å². The maximum absolute atomic E-state index is 12.5. The van der Waals surface area contributed by atoms with Crippen molar-refractivity contribution in [2.45, 2.75) is 27.2 Å². The predicted octanol–water partition coefficient (Wildman–Crippen LogP) is 4.08. The summed E-state index contributed by atoms with van der Waals surface area (Å²) in [7, 11) is 0. The molecule has 134 valence electrons. The van der Waals surface area contributed by atoms with Crippen molar-refractivity contribution in [2.24, 2.45) is 0 Å². The van der Waals surface area contributed by atoms with Gasteiger partial charge in [0.05, 0.1) is 12.1 Å². The summed E-state index contributed by atoms with van der Waals surface area (Å²) in [6.07, 6.45) is 0.0520. The first-order valence-corrected chi connectivity index (χ1v) is 8.71. The summed E-state index contributed by atoms with van der Waals surface area (Å²) in [6, 6.07) is 8.77. The van der Waals surface area contributed by atoms with Crippen LogP contribution in [0.1, 0.15) is 22.6 Å². The largest absolute Gasteiger partial charge is 0.310 e. The van der Waals surface area contributed by atoms with Crippen molar-refractivity contribution < 1.29 is 4.79 Å². The summed E-state index contributed by atoms with van der Waals surface area (Å²) in [5.41, 5.74) is 2.96. The summed E-state index contributed by atoms with van der Waals surface area (Å²) in [4.78, 5) is 21.3. The Morgan fingerprint density at radius 1 is 1.04 bits per heavy atom. The fraction of sp³-hybridized carbons (Fsp3) is 0.222. The van der Waals surface area contributed by atoms with Crippen molar-refractivity contribution in [1.29, 1.82) is 0 Å². The van der Waals surface area contributed by atoms with Crippen molar-refractivity contribution >= 4 is 34.9 Å². The van der Waals surface area contributed by atoms with Crippen LogP contribution in [0.5, 0.6) is 0 Å². The van der Waals surface area contributed by atoms with Crippen LogP contribution in [0.15, 0.2) is 30.3 Å². The van der Waals surface area contributed by atoms with Crippen LogP contribution in [0.25, 0.3) is 5.95 Å². The molecule has 1 N–H and O–H groups in total. The standard InChI is InChI=1S/C18H17Cl2N5O/c1-10-7-11(2)22-18(21-10)25-16(8-12(3)24-25)23-17(26)9-13-14(19)5-4-6-15(13)20/h4-8H,9H2,1-3H3,(H,23,26). The predicted molar refractivity (Wildman–Crippen MR) is 102 cm³/mol. The van der Waals surface area contributed by atoms with Crippen molar-refractivity contribution in [3.05, 3.63) is 63.0 Å². The molecule has 0 atom stereocenters. The maximum Gasteiger partial charge on any atom is 0.252 e. The molecular weight excluding hydrogens is 373 g/mol. The number of hydrogen-bond donors (Lipinski definition) is 1. The Morgan fingerprint density at radius 2 is 1.65 bits per heavy atom. The second-order valence-corrected chi connectivity index (χ2v) is 6.77. The minimum Gasteiger partial charge on any atom is -0.310 e. The topological polar surface area (TPSA) is 72.7 Å². The monoisotopic (exact) mass is 389 g/mol. The molecule has 0 radical (unpaired) electrons. The number of halogens is 2. The van der Waals surface area contributed by atoms with E-state index in [4.69, 9.17) is 23.2 Å². The summed E-state index contributed by atoms with van der Waals surface area (Å²) in [5, 5.41) is 8.13. The lowest BCUT2D eigenvalue weighted by Gasteiger charge is -2.10. The van der Waals surface area contributed by atoms with Gasteiger partial charge in [0.2, 0.25) is 5.91 Å². The molecule has 2 aromatic heterocycles. The Morgan fingerprint density at radius 3 is 2.27 bits per heavy atom. The zero-order valence-electron chi connectivity index (χ0n) is 14.5. The number of carbonyl (C=O) groups excluding carboxylic acids is 1. The van der Waals surface area contributed by atoms with E-state index in [9.17, 15) is 4.79 Å². The molecule has 0 unspecified atom stereocenters. The van der Waals surface area contributed by atoms with Crippen LogP contribution in [0.2, 0.25) is 10.0 Å². The first kappa shape index (κ1) is 18.4. The number of rotatable bonds is 4. The number of aromatic nitrogens is 4. The zero-order chi connectivity index (χ0) is 18.8. The van der Waals surface area contributed by atoms with Gasteiger partial charge in [-0.05, 0) is 44.5 Å². The van der Waals surface area contributed by atoms with Gasteiger partial charge in [0.25, 0.3) is 5.95 Å². The third-order valence-corrected chi connectivity index (χ3v) is 4.37. The van der Waals surface area contributed by atoms with Crippen molar-refractivity contribution in [2.75, 3.05) is 5.32 Å². The third-order valence-electron chi connectivity index (χ3n) is 3.66. The molecule has 0 saturated carbocycles. The van der Waals surface area contributed by atoms with E-state index in [1.165, 1.54) is 4.68 Å². The average Bonchev–Trinajstić information content (AvgIpc) is 2.90. The number of amides is 1. The van der Waals surface area contributed by atoms with Gasteiger partial charge < -0.3 is 5.32 Å². The Kier molecular flexibility index (Phi) is 5.25. The molecule has 2 heterocycles. The average molecular weight is 390 g/mol. The molecule has 0 aliphatic carbocycles. The van der Waals surface area contributed by atoms with Gasteiger partial charge >= 0.3 is 0 Å². The molecule has 0 aliphatic rings. The van der Waals surface area contributed by atoms with Gasteiger partial charge in [0.1, 0.15) is 5.82 Å². The van der Waals surface area contributed by atoms with Crippen LogP contribution >= 0.6 is 23.2 Å². The van der Waals surface area contributed by atoms with Gasteiger partial charge in [-0.2, -0.15) is 9.78 Å². The third kappa shape index (κ3) is 4.03. The first-order valence-electron chi connectivity index (χ1n) is 7.95. The van der Waals surface area contributed by atoms with Crippen LogP contribution in [-0.4, -0.2) is 25.7 Å². The number of hydrogen-bond acceptors (Lipinski definition) is 4. The molecule has 0 spiro atoms. The normalized spacial score (nSPS) is 10.8. The fourth-order valence-corrected chi connectivity index (χ4v) is 3.12. The summed E-state index contributed by atoms with van der Waals surface area (Å²) in [5.74, 6) is 0.632. The molecule has 3 aromatic rings. The molecule has 0 fully saturated rings. The summed E-state index contributed by atoms with van der Waals surface area (Å²) in [6.45, 7) is 5.60. The second-order valence-electron chi connectivity index (χ2n) is 5.96. The zero-order valence-corrected chi connectivity index (χ0v) is 16.1. The second kappa shape index (κ2) is 7.43. The van der Waals surface area contributed by atoms with E-state index in [1.54, 1.807) is 24.3 Å². The quantitative estimate of drug-likeness (QED) is 0.729. The Labute approximate surface area is 161 Å². The summed E-state index contributed by atoms with van der Waals surface area (Å²) >= 11 is 12.3. The van der Waals surface area contributed by atoms with Crippen molar-refractivity contribution in [3.8, 4) is 5.95 Å². The van der Waals surface area contributed by atoms with E-state index >= 15 is 0 Å². The van der Waals surface area contributed by atoms with Gasteiger partial charge in [-0.15, -0.1) is 0 Å². The van der Waals surface area contributed by atoms with E-state index in [-0.39, 0.29) is 12.3 Å². The molecule has 0 bridgehead atoms. The molecule has 26 heavy (non-hydrogen) atoms. The number of benzene rings is 1. The van der Waals surface area contributed by atoms with E-state index in [2.05, 4.69) is 20.4 Å². The molecule has 3 rings (SSSR count). The van der Waals surface area contributed by atoms with Gasteiger partial charge in [-0.3, -0.25) is 4.79 Å². The van der Waals surface area contributed by atoms with Crippen LogP contribution in [0, 0.1) is 20.8 Å². The molecule has 0 aliphatic heterocycles. The molecular formula is C18H17Cl2N5O. The maximum atomic E-state index is 12.5. The molecule has 6 nitrogen and oxygen atoms in total. The lowest BCUT2D eigenvalue weighted by atomic mass is 10.1. The first-order chi connectivity index (χ1) is 12.3. The smallest absolute Gasteiger partial charge is 0.252 e. The highest BCUT2D eigenvalue weighted by molar-refractivity contribution is 6.36. The molecule has 1 aromatic carbocycles. The van der Waals surface area contributed by atoms with Crippen molar-refractivity contribution in [3.63, 3.8) is 0 Å². The van der Waals surface area contributed by atoms with Crippen LogP contribution in [-0.2, 0) is 11.2 Å². The number of anilines is 1. The fourth-order valence-electron chi connectivity index (χ4n) is 2.59. The van der Waals surface area contributed by atoms with E-state index in [0.717, 1.165) is 17.1 Å². The number of nitrogens with one attached hydrogen (secondary N) is 1. The van der Waals surface area contributed by atoms with Crippen LogP contribution < -0.4 is 5.32 Å². The van der Waals surface area contributed by atoms with Crippen LogP contribution in [0.4, 0.5) is 5.82 Å². The van der Waals surface area contributed by atoms with Crippen molar-refractivity contribution in [1.82, 2.24) is 19.7 Å².